The van der Waals surface area contributed by atoms with Crippen molar-refractivity contribution in [3.63, 3.8) is 0 Å². The monoisotopic (exact) mass is 377 g/mol. The van der Waals surface area contributed by atoms with Crippen molar-refractivity contribution >= 4 is 28.8 Å². The summed E-state index contributed by atoms with van der Waals surface area (Å²) < 4.78 is 14.4. The number of hydrogen-bond donors (Lipinski definition) is 1. The molecule has 1 heterocycles. The highest BCUT2D eigenvalue weighted by molar-refractivity contribution is 7.80. The van der Waals surface area contributed by atoms with Crippen molar-refractivity contribution < 1.29 is 9.18 Å². The first kappa shape index (κ1) is 19.1. The van der Waals surface area contributed by atoms with Gasteiger partial charge in [-0.25, -0.2) is 4.39 Å². The van der Waals surface area contributed by atoms with E-state index in [1.54, 1.807) is 12.1 Å². The molecule has 3 rings (SSSR count). The summed E-state index contributed by atoms with van der Waals surface area (Å²) in [6, 6.07) is 5.22. The predicted molar refractivity (Wildman–Crippen MR) is 107 cm³/mol. The molecule has 0 amide bonds. The van der Waals surface area contributed by atoms with Crippen LogP contribution in [0.5, 0.6) is 0 Å². The molecular formula is C20H28FN3OS. The molecule has 1 aliphatic heterocycles. The van der Waals surface area contributed by atoms with Crippen molar-refractivity contribution in [3.05, 3.63) is 29.6 Å². The first-order valence-electron chi connectivity index (χ1n) is 9.56. The van der Waals surface area contributed by atoms with E-state index in [-0.39, 0.29) is 11.6 Å². The first-order chi connectivity index (χ1) is 12.5. The number of Topliss-reactive ketones (excluding diaryl/α,β-unsaturated/α-hetero) is 1. The van der Waals surface area contributed by atoms with Crippen LogP contribution in [0, 0.1) is 11.7 Å². The molecule has 2 atom stereocenters. The van der Waals surface area contributed by atoms with Crippen molar-refractivity contribution in [2.45, 2.75) is 45.6 Å². The lowest BCUT2D eigenvalue weighted by Gasteiger charge is -2.39. The van der Waals surface area contributed by atoms with E-state index in [0.717, 1.165) is 31.3 Å². The normalized spacial score (nSPS) is 23.7. The highest BCUT2D eigenvalue weighted by atomic mass is 32.1. The number of anilines is 1. The van der Waals surface area contributed by atoms with Crippen LogP contribution >= 0.6 is 12.2 Å². The Morgan fingerprint density at radius 2 is 1.88 bits per heavy atom. The van der Waals surface area contributed by atoms with Gasteiger partial charge in [0.05, 0.1) is 5.69 Å². The minimum absolute atomic E-state index is 0.117. The second kappa shape index (κ2) is 8.33. The van der Waals surface area contributed by atoms with Crippen LogP contribution in [-0.2, 0) is 0 Å². The molecule has 1 aromatic carbocycles. The van der Waals surface area contributed by atoms with E-state index in [1.165, 1.54) is 38.7 Å². The maximum atomic E-state index is 14.4. The highest BCUT2D eigenvalue weighted by Crippen LogP contribution is 2.25. The third-order valence-electron chi connectivity index (χ3n) is 5.68. The van der Waals surface area contributed by atoms with E-state index in [4.69, 9.17) is 12.2 Å². The van der Waals surface area contributed by atoms with E-state index in [9.17, 15) is 9.18 Å². The smallest absolute Gasteiger partial charge is 0.169 e. The molecule has 0 spiro atoms. The average Bonchev–Trinajstić information content (AvgIpc) is 2.63. The molecule has 0 bridgehead atoms. The zero-order valence-electron chi connectivity index (χ0n) is 15.6. The quantitative estimate of drug-likeness (QED) is 0.643. The molecule has 4 nitrogen and oxygen atoms in total. The molecular weight excluding hydrogens is 349 g/mol. The fourth-order valence-electron chi connectivity index (χ4n) is 3.91. The number of rotatable bonds is 3. The summed E-state index contributed by atoms with van der Waals surface area (Å²) >= 11 is 5.62. The van der Waals surface area contributed by atoms with Gasteiger partial charge >= 0.3 is 0 Å². The third-order valence-corrected chi connectivity index (χ3v) is 6.06. The lowest BCUT2D eigenvalue weighted by atomic mass is 9.86. The fourth-order valence-corrected chi connectivity index (χ4v) is 4.25. The summed E-state index contributed by atoms with van der Waals surface area (Å²) in [6.07, 6.45) is 5.05. The molecule has 2 fully saturated rings. The summed E-state index contributed by atoms with van der Waals surface area (Å²) in [5, 5.41) is 4.38. The van der Waals surface area contributed by atoms with Gasteiger partial charge in [-0.2, -0.15) is 0 Å². The Kier molecular flexibility index (Phi) is 6.12. The van der Waals surface area contributed by atoms with Crippen LogP contribution in [0.3, 0.4) is 0 Å². The maximum Gasteiger partial charge on any atom is 0.169 e. The van der Waals surface area contributed by atoms with E-state index in [2.05, 4.69) is 17.1 Å². The largest absolute Gasteiger partial charge is 0.366 e. The van der Waals surface area contributed by atoms with Crippen molar-refractivity contribution in [1.82, 2.24) is 10.2 Å². The van der Waals surface area contributed by atoms with Crippen molar-refractivity contribution in [1.29, 1.82) is 0 Å². The van der Waals surface area contributed by atoms with Gasteiger partial charge in [-0.05, 0) is 56.1 Å². The minimum atomic E-state index is -0.331. The van der Waals surface area contributed by atoms with Gasteiger partial charge in [0, 0.05) is 37.8 Å². The van der Waals surface area contributed by atoms with Crippen molar-refractivity contribution in [2.24, 2.45) is 5.92 Å². The van der Waals surface area contributed by atoms with Crippen molar-refractivity contribution in [3.8, 4) is 0 Å². The number of nitrogens with one attached hydrogen (secondary N) is 1. The van der Waals surface area contributed by atoms with Crippen LogP contribution in [-0.4, -0.2) is 48.0 Å². The van der Waals surface area contributed by atoms with Crippen LogP contribution in [0.15, 0.2) is 18.2 Å². The molecule has 1 N–H and O–H groups in total. The van der Waals surface area contributed by atoms with Gasteiger partial charge < -0.3 is 15.1 Å². The molecule has 1 aliphatic carbocycles. The number of benzene rings is 1. The molecule has 0 radical (unpaired) electrons. The van der Waals surface area contributed by atoms with E-state index < -0.39 is 0 Å². The van der Waals surface area contributed by atoms with Gasteiger partial charge in [-0.3, -0.25) is 4.79 Å². The number of halogens is 1. The lowest BCUT2D eigenvalue weighted by Crippen LogP contribution is -2.54. The molecule has 6 heteroatoms. The summed E-state index contributed by atoms with van der Waals surface area (Å²) in [6.45, 7) is 6.75. The van der Waals surface area contributed by atoms with Gasteiger partial charge in [0.25, 0.3) is 0 Å². The number of nitrogens with zero attached hydrogens (tertiary/aromatic N) is 2. The third kappa shape index (κ3) is 4.34. The average molecular weight is 378 g/mol. The van der Waals surface area contributed by atoms with Gasteiger partial charge in [0.2, 0.25) is 0 Å². The second-order valence-corrected chi connectivity index (χ2v) is 7.90. The first-order valence-corrected chi connectivity index (χ1v) is 9.97. The summed E-state index contributed by atoms with van der Waals surface area (Å²) in [5.41, 5.74) is 0.978. The Balaban J connectivity index is 1.55. The molecule has 1 aromatic rings. The fraction of sp³-hybridized carbons (Fsp3) is 0.600. The summed E-state index contributed by atoms with van der Waals surface area (Å²) in [4.78, 5) is 15.6. The number of piperazine rings is 1. The Bertz CT molecular complexity index is 673. The van der Waals surface area contributed by atoms with E-state index in [0.29, 0.717) is 23.2 Å². The van der Waals surface area contributed by atoms with Crippen LogP contribution < -0.4 is 10.2 Å². The number of thiocarbonyl (C=S) groups is 1. The Morgan fingerprint density at radius 3 is 2.50 bits per heavy atom. The second-order valence-electron chi connectivity index (χ2n) is 7.51. The van der Waals surface area contributed by atoms with Crippen LogP contribution in [0.1, 0.15) is 49.9 Å². The highest BCUT2D eigenvalue weighted by Gasteiger charge is 2.26. The summed E-state index contributed by atoms with van der Waals surface area (Å²) in [5.74, 6) is 0.216. The number of ketones is 1. The number of hydrogen-bond acceptors (Lipinski definition) is 3. The van der Waals surface area contributed by atoms with Crippen molar-refractivity contribution in [2.75, 3.05) is 31.1 Å². The van der Waals surface area contributed by atoms with Gasteiger partial charge in [-0.15, -0.1) is 0 Å². The SMILES string of the molecule is CC(=O)c1ccc(N2CCN(C(=S)N[C@@H]3CCCC[C@H]3C)CC2)c(F)c1. The summed E-state index contributed by atoms with van der Waals surface area (Å²) in [7, 11) is 0. The molecule has 1 saturated heterocycles. The maximum absolute atomic E-state index is 14.4. The lowest BCUT2D eigenvalue weighted by molar-refractivity contribution is 0.101. The Hall–Kier alpha value is -1.69. The van der Waals surface area contributed by atoms with Gasteiger partial charge in [0.1, 0.15) is 5.82 Å². The van der Waals surface area contributed by atoms with E-state index >= 15 is 0 Å². The molecule has 142 valence electrons. The predicted octanol–water partition coefficient (Wildman–Crippen LogP) is 3.60. The van der Waals surface area contributed by atoms with Gasteiger partial charge in [0.15, 0.2) is 10.9 Å². The molecule has 2 aliphatic rings. The minimum Gasteiger partial charge on any atom is -0.366 e. The zero-order valence-corrected chi connectivity index (χ0v) is 16.4. The molecule has 26 heavy (non-hydrogen) atoms. The Morgan fingerprint density at radius 1 is 1.19 bits per heavy atom. The zero-order chi connectivity index (χ0) is 18.7. The topological polar surface area (TPSA) is 35.6 Å². The van der Waals surface area contributed by atoms with Crippen LogP contribution in [0.4, 0.5) is 10.1 Å². The molecule has 0 unspecified atom stereocenters. The standard InChI is InChI=1S/C20H28FN3OS/c1-14-5-3-4-6-18(14)22-20(26)24-11-9-23(10-12-24)19-8-7-16(15(2)25)13-17(19)21/h7-8,13-14,18H,3-6,9-12H2,1-2H3,(H,22,26)/t14-,18-/m1/s1. The van der Waals surface area contributed by atoms with Crippen LogP contribution in [0.2, 0.25) is 0 Å². The molecule has 0 aromatic heterocycles. The Labute approximate surface area is 160 Å². The number of carbonyl (C=O) groups excluding carboxylic acids is 1. The van der Waals surface area contributed by atoms with Gasteiger partial charge in [-0.1, -0.05) is 19.8 Å². The molecule has 1 saturated carbocycles. The van der Waals surface area contributed by atoms with E-state index in [1.807, 2.05) is 4.90 Å². The number of carbonyl (C=O) groups is 1. The van der Waals surface area contributed by atoms with Crippen LogP contribution in [0.25, 0.3) is 0 Å².